The lowest BCUT2D eigenvalue weighted by molar-refractivity contribution is 0.0827. The first kappa shape index (κ1) is 16.4. The molecule has 0 fully saturated rings. The highest BCUT2D eigenvalue weighted by Crippen LogP contribution is 2.34. The second-order valence-electron chi connectivity index (χ2n) is 5.80. The number of carbonyl (C=O) groups is 1. The Kier molecular flexibility index (Phi) is 4.04. The van der Waals surface area contributed by atoms with E-state index in [1.54, 1.807) is 32.3 Å². The molecule has 7 heteroatoms. The van der Waals surface area contributed by atoms with Gasteiger partial charge in [-0.1, -0.05) is 18.2 Å². The van der Waals surface area contributed by atoms with Gasteiger partial charge >= 0.3 is 0 Å². The Labute approximate surface area is 140 Å². The third-order valence-corrected chi connectivity index (χ3v) is 5.84. The molecule has 0 atom stereocenters. The third kappa shape index (κ3) is 2.65. The van der Waals surface area contributed by atoms with Crippen molar-refractivity contribution in [1.29, 1.82) is 0 Å². The van der Waals surface area contributed by atoms with Crippen LogP contribution in [0.3, 0.4) is 0 Å². The predicted octanol–water partition coefficient (Wildman–Crippen LogP) is 2.28. The third-order valence-electron chi connectivity index (χ3n) is 4.00. The fraction of sp³-hybridized carbons (Fsp3) is 0.235. The van der Waals surface area contributed by atoms with E-state index in [2.05, 4.69) is 0 Å². The maximum atomic E-state index is 14.0. The van der Waals surface area contributed by atoms with E-state index < -0.39 is 15.8 Å². The summed E-state index contributed by atoms with van der Waals surface area (Å²) in [6.07, 6.45) is 0.527. The number of rotatable bonds is 3. The number of nitrogens with zero attached hydrogens (tertiary/aromatic N) is 2. The van der Waals surface area contributed by atoms with Crippen LogP contribution in [0.5, 0.6) is 0 Å². The molecule has 0 saturated carbocycles. The molecule has 0 spiro atoms. The Morgan fingerprint density at radius 1 is 1.17 bits per heavy atom. The van der Waals surface area contributed by atoms with E-state index in [4.69, 9.17) is 0 Å². The molecule has 0 unspecified atom stereocenters. The van der Waals surface area contributed by atoms with E-state index in [1.807, 2.05) is 0 Å². The Hall–Kier alpha value is -2.41. The molecule has 5 nitrogen and oxygen atoms in total. The van der Waals surface area contributed by atoms with Crippen LogP contribution in [-0.2, 0) is 16.4 Å². The minimum Gasteiger partial charge on any atom is -0.345 e. The summed E-state index contributed by atoms with van der Waals surface area (Å²) >= 11 is 0. The van der Waals surface area contributed by atoms with Gasteiger partial charge in [0.05, 0.1) is 5.69 Å². The Balaban J connectivity index is 2.07. The molecule has 0 bridgehead atoms. The topological polar surface area (TPSA) is 57.7 Å². The first-order valence-electron chi connectivity index (χ1n) is 7.44. The highest BCUT2D eigenvalue weighted by atomic mass is 32.2. The van der Waals surface area contributed by atoms with Crippen LogP contribution < -0.4 is 4.31 Å². The molecule has 1 aliphatic rings. The molecule has 1 amide bonds. The van der Waals surface area contributed by atoms with Crippen molar-refractivity contribution >= 4 is 21.6 Å². The Morgan fingerprint density at radius 2 is 1.88 bits per heavy atom. The average molecular weight is 348 g/mol. The number of anilines is 1. The lowest BCUT2D eigenvalue weighted by Crippen LogP contribution is -2.30. The highest BCUT2D eigenvalue weighted by molar-refractivity contribution is 7.92. The van der Waals surface area contributed by atoms with E-state index in [0.717, 1.165) is 11.6 Å². The number of sulfonamides is 1. The van der Waals surface area contributed by atoms with Crippen LogP contribution in [-0.4, -0.2) is 39.9 Å². The Bertz CT molecular complexity index is 910. The van der Waals surface area contributed by atoms with Gasteiger partial charge < -0.3 is 4.90 Å². The molecule has 0 aliphatic carbocycles. The van der Waals surface area contributed by atoms with Gasteiger partial charge in [-0.3, -0.25) is 9.10 Å². The van der Waals surface area contributed by atoms with E-state index in [-0.39, 0.29) is 17.3 Å². The van der Waals surface area contributed by atoms with E-state index in [0.29, 0.717) is 17.7 Å². The predicted molar refractivity (Wildman–Crippen MR) is 89.1 cm³/mol. The van der Waals surface area contributed by atoms with Gasteiger partial charge in [0.15, 0.2) is 0 Å². The van der Waals surface area contributed by atoms with Gasteiger partial charge in [-0.05, 0) is 36.2 Å². The van der Waals surface area contributed by atoms with Crippen molar-refractivity contribution < 1.29 is 17.6 Å². The van der Waals surface area contributed by atoms with Gasteiger partial charge in [0.1, 0.15) is 10.7 Å². The molecule has 2 aromatic carbocycles. The first-order valence-corrected chi connectivity index (χ1v) is 8.88. The van der Waals surface area contributed by atoms with Gasteiger partial charge in [0.2, 0.25) is 0 Å². The molecule has 2 aromatic rings. The smallest absolute Gasteiger partial charge is 0.267 e. The van der Waals surface area contributed by atoms with Crippen LogP contribution in [0.15, 0.2) is 47.4 Å². The average Bonchev–Trinajstić information content (AvgIpc) is 2.98. The van der Waals surface area contributed by atoms with E-state index in [9.17, 15) is 17.6 Å². The second-order valence-corrected chi connectivity index (χ2v) is 7.63. The minimum atomic E-state index is -4.01. The van der Waals surface area contributed by atoms with Crippen molar-refractivity contribution in [3.8, 4) is 0 Å². The molecule has 0 saturated heterocycles. The minimum absolute atomic E-state index is 0.215. The molecule has 126 valence electrons. The van der Waals surface area contributed by atoms with Crippen molar-refractivity contribution in [1.82, 2.24) is 4.90 Å². The lowest BCUT2D eigenvalue weighted by Gasteiger charge is -2.20. The monoisotopic (exact) mass is 348 g/mol. The quantitative estimate of drug-likeness (QED) is 0.855. The van der Waals surface area contributed by atoms with Crippen molar-refractivity contribution in [2.75, 3.05) is 24.9 Å². The summed E-state index contributed by atoms with van der Waals surface area (Å²) in [5, 5.41) is 0. The molecule has 24 heavy (non-hydrogen) atoms. The van der Waals surface area contributed by atoms with Gasteiger partial charge in [-0.2, -0.15) is 0 Å². The van der Waals surface area contributed by atoms with Crippen LogP contribution >= 0.6 is 0 Å². The van der Waals surface area contributed by atoms with Crippen molar-refractivity contribution in [2.24, 2.45) is 0 Å². The number of hydrogen-bond acceptors (Lipinski definition) is 3. The number of amides is 1. The molecule has 0 radical (unpaired) electrons. The molecule has 0 N–H and O–H groups in total. The zero-order valence-corrected chi connectivity index (χ0v) is 14.2. The lowest BCUT2D eigenvalue weighted by atomic mass is 10.1. The van der Waals surface area contributed by atoms with Gasteiger partial charge in [-0.25, -0.2) is 12.8 Å². The summed E-state index contributed by atoms with van der Waals surface area (Å²) in [4.78, 5) is 13.2. The van der Waals surface area contributed by atoms with Crippen molar-refractivity contribution in [3.05, 3.63) is 59.4 Å². The van der Waals surface area contributed by atoms with Gasteiger partial charge in [-0.15, -0.1) is 0 Å². The highest BCUT2D eigenvalue weighted by Gasteiger charge is 2.33. The molecular weight excluding hydrogens is 331 g/mol. The SMILES string of the molecule is CN(C)C(=O)c1ccc2c(c1)N(S(=O)(=O)c1ccccc1F)CC2. The number of fused-ring (bicyclic) bond motifs is 1. The fourth-order valence-corrected chi connectivity index (χ4v) is 4.33. The maximum Gasteiger partial charge on any atom is 0.267 e. The molecule has 3 rings (SSSR count). The number of carbonyl (C=O) groups excluding carboxylic acids is 1. The summed E-state index contributed by atoms with van der Waals surface area (Å²) in [7, 11) is -0.755. The summed E-state index contributed by atoms with van der Waals surface area (Å²) in [5.74, 6) is -1.00. The second kappa shape index (κ2) is 5.90. The number of benzene rings is 2. The summed E-state index contributed by atoms with van der Waals surface area (Å²) in [5.41, 5.74) is 1.66. The van der Waals surface area contributed by atoms with Crippen LogP contribution in [0.1, 0.15) is 15.9 Å². The zero-order chi connectivity index (χ0) is 17.5. The van der Waals surface area contributed by atoms with Gasteiger partial charge in [0.25, 0.3) is 15.9 Å². The summed E-state index contributed by atoms with van der Waals surface area (Å²) < 4.78 is 40.8. The van der Waals surface area contributed by atoms with Crippen molar-refractivity contribution in [3.63, 3.8) is 0 Å². The van der Waals surface area contributed by atoms with Crippen LogP contribution in [0, 0.1) is 5.82 Å². The standard InChI is InChI=1S/C17H17FN2O3S/c1-19(2)17(21)13-8-7-12-9-10-20(15(12)11-13)24(22,23)16-6-4-3-5-14(16)18/h3-8,11H,9-10H2,1-2H3. The van der Waals surface area contributed by atoms with E-state index >= 15 is 0 Å². The summed E-state index contributed by atoms with van der Waals surface area (Å²) in [6.45, 7) is 0.228. The van der Waals surface area contributed by atoms with Crippen LogP contribution in [0.25, 0.3) is 0 Å². The van der Waals surface area contributed by atoms with Crippen molar-refractivity contribution in [2.45, 2.75) is 11.3 Å². The molecular formula is C17H17FN2O3S. The largest absolute Gasteiger partial charge is 0.345 e. The number of halogens is 1. The maximum absolute atomic E-state index is 14.0. The van der Waals surface area contributed by atoms with Crippen LogP contribution in [0.4, 0.5) is 10.1 Å². The summed E-state index contributed by atoms with van der Waals surface area (Å²) in [6, 6.07) is 10.3. The molecule has 1 heterocycles. The fourth-order valence-electron chi connectivity index (χ4n) is 2.76. The number of hydrogen-bond donors (Lipinski definition) is 0. The van der Waals surface area contributed by atoms with Gasteiger partial charge in [0, 0.05) is 26.2 Å². The Morgan fingerprint density at radius 3 is 2.54 bits per heavy atom. The molecule has 1 aliphatic heterocycles. The van der Waals surface area contributed by atoms with Crippen LogP contribution in [0.2, 0.25) is 0 Å². The molecule has 0 aromatic heterocycles. The zero-order valence-electron chi connectivity index (χ0n) is 13.4. The first-order chi connectivity index (χ1) is 11.3. The normalized spacial score (nSPS) is 13.7. The van der Waals surface area contributed by atoms with E-state index in [1.165, 1.54) is 27.4 Å².